The number of aliphatic hydroxyl groups is 1. The number of aromatic amines is 1. The third kappa shape index (κ3) is 4.21. The second-order valence-corrected chi connectivity index (χ2v) is 8.37. The van der Waals surface area contributed by atoms with E-state index in [2.05, 4.69) is 10.2 Å². The van der Waals surface area contributed by atoms with Gasteiger partial charge in [0.1, 0.15) is 0 Å². The lowest BCUT2D eigenvalue weighted by Crippen LogP contribution is -2.27. The van der Waals surface area contributed by atoms with E-state index in [9.17, 15) is 18.3 Å². The first kappa shape index (κ1) is 18.2. The summed E-state index contributed by atoms with van der Waals surface area (Å²) in [5, 5.41) is 15.4. The standard InChI is InChI=1S/C16H20N2O5S/c1-16(2,9-19)10-23-14-13(8-17-18-15(14)20)11-4-6-12(7-5-11)24(3,21)22/h4-8,19H,9-10H2,1-3H3,(H,18,20). The number of H-pyrrole nitrogens is 1. The molecule has 0 saturated heterocycles. The fraction of sp³-hybridized carbons (Fsp3) is 0.375. The molecular formula is C16H20N2O5S. The summed E-state index contributed by atoms with van der Waals surface area (Å²) in [4.78, 5) is 12.2. The molecule has 0 atom stereocenters. The van der Waals surface area contributed by atoms with E-state index >= 15 is 0 Å². The van der Waals surface area contributed by atoms with Crippen LogP contribution < -0.4 is 10.3 Å². The molecular weight excluding hydrogens is 332 g/mol. The molecule has 130 valence electrons. The fourth-order valence-electron chi connectivity index (χ4n) is 1.93. The first-order valence-corrected chi connectivity index (χ1v) is 9.15. The van der Waals surface area contributed by atoms with Gasteiger partial charge in [0.15, 0.2) is 15.6 Å². The predicted octanol–water partition coefficient (Wildman–Crippen LogP) is 1.24. The molecule has 0 aliphatic carbocycles. The number of rotatable bonds is 6. The van der Waals surface area contributed by atoms with Crippen LogP contribution in [0, 0.1) is 5.41 Å². The Bertz CT molecular complexity index is 870. The number of ether oxygens (including phenoxy) is 1. The van der Waals surface area contributed by atoms with E-state index in [0.717, 1.165) is 6.26 Å². The van der Waals surface area contributed by atoms with Crippen molar-refractivity contribution in [2.75, 3.05) is 19.5 Å². The molecule has 0 saturated carbocycles. The van der Waals surface area contributed by atoms with E-state index in [1.807, 2.05) is 13.8 Å². The normalized spacial score (nSPS) is 12.2. The summed E-state index contributed by atoms with van der Waals surface area (Å²) in [5.74, 6) is 0.0821. The summed E-state index contributed by atoms with van der Waals surface area (Å²) in [6.45, 7) is 3.67. The zero-order valence-electron chi connectivity index (χ0n) is 13.7. The highest BCUT2D eigenvalue weighted by Crippen LogP contribution is 2.28. The Kier molecular flexibility index (Phi) is 5.10. The summed E-state index contributed by atoms with van der Waals surface area (Å²) < 4.78 is 28.7. The van der Waals surface area contributed by atoms with Crippen LogP contribution in [0.5, 0.6) is 5.75 Å². The Labute approximate surface area is 140 Å². The van der Waals surface area contributed by atoms with Crippen molar-refractivity contribution in [3.63, 3.8) is 0 Å². The van der Waals surface area contributed by atoms with Crippen molar-refractivity contribution in [2.24, 2.45) is 5.41 Å². The highest BCUT2D eigenvalue weighted by molar-refractivity contribution is 7.90. The van der Waals surface area contributed by atoms with Crippen molar-refractivity contribution in [3.8, 4) is 16.9 Å². The molecule has 0 aliphatic rings. The van der Waals surface area contributed by atoms with Gasteiger partial charge in [-0.1, -0.05) is 26.0 Å². The van der Waals surface area contributed by atoms with Crippen LogP contribution in [0.25, 0.3) is 11.1 Å². The number of sulfone groups is 1. The minimum atomic E-state index is -3.30. The molecule has 1 aromatic carbocycles. The average Bonchev–Trinajstić information content (AvgIpc) is 2.53. The van der Waals surface area contributed by atoms with Gasteiger partial charge < -0.3 is 9.84 Å². The van der Waals surface area contributed by atoms with Crippen molar-refractivity contribution in [1.29, 1.82) is 0 Å². The Morgan fingerprint density at radius 2 is 1.88 bits per heavy atom. The Hall–Kier alpha value is -2.19. The Morgan fingerprint density at radius 3 is 2.42 bits per heavy atom. The van der Waals surface area contributed by atoms with Crippen LogP contribution in [-0.4, -0.2) is 43.2 Å². The largest absolute Gasteiger partial charge is 0.487 e. The van der Waals surface area contributed by atoms with Crippen LogP contribution in [-0.2, 0) is 9.84 Å². The van der Waals surface area contributed by atoms with Crippen LogP contribution in [0.3, 0.4) is 0 Å². The minimum absolute atomic E-state index is 0.0821. The van der Waals surface area contributed by atoms with Crippen LogP contribution in [0.15, 0.2) is 40.2 Å². The van der Waals surface area contributed by atoms with Gasteiger partial charge in [-0.2, -0.15) is 5.10 Å². The summed E-state index contributed by atoms with van der Waals surface area (Å²) in [5.41, 5.74) is 0.0615. The molecule has 0 fully saturated rings. The third-order valence-corrected chi connectivity index (χ3v) is 4.57. The molecule has 0 amide bonds. The van der Waals surface area contributed by atoms with Crippen LogP contribution in [0.4, 0.5) is 0 Å². The maximum absolute atomic E-state index is 12.0. The Morgan fingerprint density at radius 1 is 1.25 bits per heavy atom. The van der Waals surface area contributed by atoms with E-state index in [0.29, 0.717) is 11.1 Å². The highest BCUT2D eigenvalue weighted by atomic mass is 32.2. The van der Waals surface area contributed by atoms with Gasteiger partial charge in [0.25, 0.3) is 0 Å². The van der Waals surface area contributed by atoms with Gasteiger partial charge in [0.05, 0.1) is 24.3 Å². The second kappa shape index (κ2) is 6.74. The number of aliphatic hydroxyl groups excluding tert-OH is 1. The molecule has 0 unspecified atom stereocenters. The third-order valence-electron chi connectivity index (χ3n) is 3.44. The zero-order chi connectivity index (χ0) is 18.0. The van der Waals surface area contributed by atoms with Gasteiger partial charge in [0, 0.05) is 17.2 Å². The SMILES string of the molecule is CC(C)(CO)COc1c(-c2ccc(S(C)(=O)=O)cc2)cn[nH]c1=O. The molecule has 8 heteroatoms. The van der Waals surface area contributed by atoms with E-state index in [4.69, 9.17) is 4.74 Å². The van der Waals surface area contributed by atoms with Crippen molar-refractivity contribution < 1.29 is 18.3 Å². The number of aromatic nitrogens is 2. The average molecular weight is 352 g/mol. The van der Waals surface area contributed by atoms with Gasteiger partial charge in [0.2, 0.25) is 0 Å². The molecule has 2 rings (SSSR count). The zero-order valence-corrected chi connectivity index (χ0v) is 14.6. The lowest BCUT2D eigenvalue weighted by atomic mass is 9.96. The summed E-state index contributed by atoms with van der Waals surface area (Å²) in [7, 11) is -3.30. The molecule has 0 radical (unpaired) electrons. The lowest BCUT2D eigenvalue weighted by Gasteiger charge is -2.22. The van der Waals surface area contributed by atoms with Crippen LogP contribution >= 0.6 is 0 Å². The number of hydrogen-bond donors (Lipinski definition) is 2. The topological polar surface area (TPSA) is 109 Å². The van der Waals surface area contributed by atoms with Gasteiger partial charge in [-0.3, -0.25) is 4.79 Å². The number of hydrogen-bond acceptors (Lipinski definition) is 6. The molecule has 24 heavy (non-hydrogen) atoms. The number of benzene rings is 1. The van der Waals surface area contributed by atoms with Gasteiger partial charge in [-0.25, -0.2) is 13.5 Å². The highest BCUT2D eigenvalue weighted by Gasteiger charge is 2.20. The molecule has 2 N–H and O–H groups in total. The predicted molar refractivity (Wildman–Crippen MR) is 89.8 cm³/mol. The smallest absolute Gasteiger partial charge is 0.307 e. The molecule has 2 aromatic rings. The second-order valence-electron chi connectivity index (χ2n) is 6.35. The van der Waals surface area contributed by atoms with Crippen LogP contribution in [0.2, 0.25) is 0 Å². The summed E-state index contributed by atoms with van der Waals surface area (Å²) in [6.07, 6.45) is 2.57. The van der Waals surface area contributed by atoms with E-state index in [1.165, 1.54) is 18.3 Å². The molecule has 7 nitrogen and oxygen atoms in total. The lowest BCUT2D eigenvalue weighted by molar-refractivity contribution is 0.0969. The van der Waals surface area contributed by atoms with Gasteiger partial charge >= 0.3 is 5.56 Å². The monoisotopic (exact) mass is 352 g/mol. The first-order valence-electron chi connectivity index (χ1n) is 7.26. The van der Waals surface area contributed by atoms with Crippen molar-refractivity contribution in [2.45, 2.75) is 18.7 Å². The van der Waals surface area contributed by atoms with E-state index in [1.54, 1.807) is 12.1 Å². The van der Waals surface area contributed by atoms with Crippen molar-refractivity contribution in [3.05, 3.63) is 40.8 Å². The molecule has 0 bridgehead atoms. The summed E-state index contributed by atoms with van der Waals surface area (Å²) in [6, 6.07) is 6.12. The summed E-state index contributed by atoms with van der Waals surface area (Å²) >= 11 is 0. The maximum atomic E-state index is 12.0. The van der Waals surface area contributed by atoms with Crippen molar-refractivity contribution >= 4 is 9.84 Å². The first-order chi connectivity index (χ1) is 11.1. The van der Waals surface area contributed by atoms with Gasteiger partial charge in [-0.05, 0) is 17.7 Å². The van der Waals surface area contributed by atoms with E-state index < -0.39 is 20.8 Å². The van der Waals surface area contributed by atoms with E-state index in [-0.39, 0.29) is 23.9 Å². The molecule has 1 heterocycles. The maximum Gasteiger partial charge on any atom is 0.307 e. The fourth-order valence-corrected chi connectivity index (χ4v) is 2.56. The quantitative estimate of drug-likeness (QED) is 0.809. The molecule has 0 spiro atoms. The Balaban J connectivity index is 2.41. The molecule has 0 aliphatic heterocycles. The van der Waals surface area contributed by atoms with Gasteiger partial charge in [-0.15, -0.1) is 0 Å². The minimum Gasteiger partial charge on any atom is -0.487 e. The van der Waals surface area contributed by atoms with Crippen molar-refractivity contribution in [1.82, 2.24) is 10.2 Å². The molecule has 1 aromatic heterocycles. The number of nitrogens with one attached hydrogen (secondary N) is 1. The number of nitrogens with zero attached hydrogens (tertiary/aromatic N) is 1. The van der Waals surface area contributed by atoms with Crippen LogP contribution in [0.1, 0.15) is 13.8 Å².